The molecule has 7 heteroatoms. The Hall–Kier alpha value is -4.39. The number of hydrogen-bond acceptors (Lipinski definition) is 6. The number of carbonyl (C=O) groups is 2. The summed E-state index contributed by atoms with van der Waals surface area (Å²) in [4.78, 5) is 32.2. The van der Waals surface area contributed by atoms with Crippen LogP contribution >= 0.6 is 0 Å². The lowest BCUT2D eigenvalue weighted by atomic mass is 10.0. The van der Waals surface area contributed by atoms with Crippen LogP contribution in [0.1, 0.15) is 26.4 Å². The Bertz CT molecular complexity index is 1220. The van der Waals surface area contributed by atoms with Gasteiger partial charge in [0.15, 0.2) is 0 Å². The zero-order valence-corrected chi connectivity index (χ0v) is 15.7. The fraction of sp³-hybridized carbons (Fsp3) is 0. The average Bonchev–Trinajstić information content (AvgIpc) is 2.80. The number of benzene rings is 3. The highest BCUT2D eigenvalue weighted by Crippen LogP contribution is 2.21. The topological polar surface area (TPSA) is 93.5 Å². The van der Waals surface area contributed by atoms with Gasteiger partial charge in [0.1, 0.15) is 11.4 Å². The Balaban J connectivity index is 1.40. The monoisotopic (exact) mass is 396 g/mol. The minimum atomic E-state index is -0.458. The summed E-state index contributed by atoms with van der Waals surface area (Å²) in [6, 6.07) is 19.9. The van der Waals surface area contributed by atoms with Crippen molar-refractivity contribution in [1.29, 1.82) is 0 Å². The first-order valence-corrected chi connectivity index (χ1v) is 9.10. The molecule has 0 radical (unpaired) electrons. The lowest BCUT2D eigenvalue weighted by Crippen LogP contribution is -2.19. The highest BCUT2D eigenvalue weighted by Gasteiger charge is 2.12. The number of carbonyl (C=O) groups excluding carboxylic acids is 2. The number of amides is 1. The second-order valence-corrected chi connectivity index (χ2v) is 6.28. The molecule has 30 heavy (non-hydrogen) atoms. The van der Waals surface area contributed by atoms with Gasteiger partial charge in [-0.3, -0.25) is 9.78 Å². The Morgan fingerprint density at radius 2 is 1.73 bits per heavy atom. The molecular formula is C23H16N4O3. The summed E-state index contributed by atoms with van der Waals surface area (Å²) in [6.45, 7) is 0. The zero-order valence-electron chi connectivity index (χ0n) is 15.7. The van der Waals surface area contributed by atoms with Crippen LogP contribution in [0.15, 0.2) is 90.4 Å². The van der Waals surface area contributed by atoms with Crippen LogP contribution < -0.4 is 10.2 Å². The van der Waals surface area contributed by atoms with E-state index in [0.29, 0.717) is 11.3 Å². The molecule has 4 aromatic rings. The average molecular weight is 396 g/mol. The molecule has 1 heterocycles. The largest absolute Gasteiger partial charge is 0.423 e. The maximum atomic E-state index is 12.6. The standard InChI is InChI=1S/C23H16N4O3/c28-22(21-15-24-12-13-25-21)27-26-14-16-8-10-18(11-9-16)30-23(29)20-7-3-5-17-4-1-2-6-19(17)20/h1-15H,(H,27,28). The van der Waals surface area contributed by atoms with Gasteiger partial charge in [0, 0.05) is 12.4 Å². The summed E-state index contributed by atoms with van der Waals surface area (Å²) in [5, 5.41) is 5.70. The number of rotatable bonds is 5. The lowest BCUT2D eigenvalue weighted by Gasteiger charge is -2.07. The summed E-state index contributed by atoms with van der Waals surface area (Å²) in [6.07, 6.45) is 5.74. The number of fused-ring (bicyclic) bond motifs is 1. The first-order chi connectivity index (χ1) is 14.7. The van der Waals surface area contributed by atoms with Gasteiger partial charge < -0.3 is 4.74 Å². The highest BCUT2D eigenvalue weighted by atomic mass is 16.5. The predicted molar refractivity (Wildman–Crippen MR) is 112 cm³/mol. The van der Waals surface area contributed by atoms with Gasteiger partial charge in [0.25, 0.3) is 5.91 Å². The normalized spacial score (nSPS) is 10.8. The third-order valence-electron chi connectivity index (χ3n) is 4.28. The molecule has 0 atom stereocenters. The lowest BCUT2D eigenvalue weighted by molar-refractivity contribution is 0.0736. The Morgan fingerprint density at radius 3 is 2.53 bits per heavy atom. The van der Waals surface area contributed by atoms with E-state index in [9.17, 15) is 9.59 Å². The number of ether oxygens (including phenoxy) is 1. The van der Waals surface area contributed by atoms with E-state index < -0.39 is 11.9 Å². The molecule has 0 aliphatic carbocycles. The number of aromatic nitrogens is 2. The van der Waals surface area contributed by atoms with Gasteiger partial charge in [-0.05, 0) is 46.7 Å². The van der Waals surface area contributed by atoms with Gasteiger partial charge in [-0.1, -0.05) is 36.4 Å². The molecule has 0 saturated heterocycles. The number of hydrogen-bond donors (Lipinski definition) is 1. The van der Waals surface area contributed by atoms with Crippen molar-refractivity contribution in [3.63, 3.8) is 0 Å². The van der Waals surface area contributed by atoms with Crippen LogP contribution in [0.5, 0.6) is 5.75 Å². The third-order valence-corrected chi connectivity index (χ3v) is 4.28. The molecule has 1 N–H and O–H groups in total. The van der Waals surface area contributed by atoms with Crippen LogP contribution in [0.3, 0.4) is 0 Å². The van der Waals surface area contributed by atoms with E-state index in [1.807, 2.05) is 36.4 Å². The molecule has 0 aliphatic heterocycles. The van der Waals surface area contributed by atoms with E-state index in [2.05, 4.69) is 20.5 Å². The van der Waals surface area contributed by atoms with Crippen LogP contribution in [0.2, 0.25) is 0 Å². The van der Waals surface area contributed by atoms with E-state index in [0.717, 1.165) is 16.3 Å². The molecule has 0 aliphatic rings. The van der Waals surface area contributed by atoms with E-state index in [1.165, 1.54) is 24.8 Å². The van der Waals surface area contributed by atoms with Crippen LogP contribution in [-0.4, -0.2) is 28.1 Å². The van der Waals surface area contributed by atoms with E-state index in [4.69, 9.17) is 4.74 Å². The van der Waals surface area contributed by atoms with Crippen molar-refractivity contribution < 1.29 is 14.3 Å². The number of hydrazone groups is 1. The molecule has 4 rings (SSSR count). The summed E-state index contributed by atoms with van der Waals surface area (Å²) in [5.74, 6) is -0.474. The van der Waals surface area contributed by atoms with Gasteiger partial charge in [-0.2, -0.15) is 5.10 Å². The van der Waals surface area contributed by atoms with Gasteiger partial charge in [0.2, 0.25) is 0 Å². The molecule has 0 fully saturated rings. The summed E-state index contributed by atoms with van der Waals surface area (Å²) in [7, 11) is 0. The molecule has 0 bridgehead atoms. The van der Waals surface area contributed by atoms with Crippen molar-refractivity contribution in [2.24, 2.45) is 5.10 Å². The third kappa shape index (κ3) is 4.36. The minimum absolute atomic E-state index is 0.172. The van der Waals surface area contributed by atoms with Gasteiger partial charge in [-0.25, -0.2) is 15.2 Å². The van der Waals surface area contributed by atoms with Crippen LogP contribution in [-0.2, 0) is 0 Å². The molecule has 7 nitrogen and oxygen atoms in total. The van der Waals surface area contributed by atoms with Crippen LogP contribution in [0.25, 0.3) is 10.8 Å². The summed E-state index contributed by atoms with van der Waals surface area (Å²) >= 11 is 0. The Kier molecular flexibility index (Phi) is 5.52. The molecular weight excluding hydrogens is 380 g/mol. The summed E-state index contributed by atoms with van der Waals surface area (Å²) < 4.78 is 5.50. The van der Waals surface area contributed by atoms with Crippen molar-refractivity contribution >= 4 is 28.9 Å². The first kappa shape index (κ1) is 18.9. The molecule has 0 unspecified atom stereocenters. The molecule has 1 amide bonds. The summed E-state index contributed by atoms with van der Waals surface area (Å²) in [5.41, 5.74) is 3.77. The second-order valence-electron chi connectivity index (χ2n) is 6.28. The first-order valence-electron chi connectivity index (χ1n) is 9.10. The molecule has 0 saturated carbocycles. The molecule has 1 aromatic heterocycles. The number of nitrogens with one attached hydrogen (secondary N) is 1. The number of nitrogens with zero attached hydrogens (tertiary/aromatic N) is 3. The molecule has 0 spiro atoms. The maximum absolute atomic E-state index is 12.6. The fourth-order valence-electron chi connectivity index (χ4n) is 2.83. The zero-order chi connectivity index (χ0) is 20.8. The van der Waals surface area contributed by atoms with Gasteiger partial charge in [0.05, 0.1) is 18.0 Å². The molecule has 3 aromatic carbocycles. The van der Waals surface area contributed by atoms with Crippen LogP contribution in [0.4, 0.5) is 0 Å². The second kappa shape index (κ2) is 8.74. The smallest absolute Gasteiger partial charge is 0.344 e. The van der Waals surface area contributed by atoms with E-state index in [-0.39, 0.29) is 5.69 Å². The minimum Gasteiger partial charge on any atom is -0.423 e. The van der Waals surface area contributed by atoms with Gasteiger partial charge in [-0.15, -0.1) is 0 Å². The highest BCUT2D eigenvalue weighted by molar-refractivity contribution is 6.05. The van der Waals surface area contributed by atoms with Crippen molar-refractivity contribution in [2.45, 2.75) is 0 Å². The molecule has 146 valence electrons. The Labute approximate surface area is 172 Å². The predicted octanol–water partition coefficient (Wildman–Crippen LogP) is 3.61. The van der Waals surface area contributed by atoms with E-state index >= 15 is 0 Å². The quantitative estimate of drug-likeness (QED) is 0.241. The van der Waals surface area contributed by atoms with Crippen LogP contribution in [0, 0.1) is 0 Å². The SMILES string of the molecule is O=C(NN=Cc1ccc(OC(=O)c2cccc3ccccc23)cc1)c1cnccn1. The number of esters is 1. The maximum Gasteiger partial charge on any atom is 0.344 e. The van der Waals surface area contributed by atoms with E-state index in [1.54, 1.807) is 30.3 Å². The van der Waals surface area contributed by atoms with Gasteiger partial charge >= 0.3 is 5.97 Å². The van der Waals surface area contributed by atoms with Crippen molar-refractivity contribution in [3.05, 3.63) is 102 Å². The van der Waals surface area contributed by atoms with Crippen molar-refractivity contribution in [3.8, 4) is 5.75 Å². The van der Waals surface area contributed by atoms with Crippen molar-refractivity contribution in [2.75, 3.05) is 0 Å². The van der Waals surface area contributed by atoms with Crippen molar-refractivity contribution in [1.82, 2.24) is 15.4 Å². The fourth-order valence-corrected chi connectivity index (χ4v) is 2.83. The Morgan fingerprint density at radius 1 is 0.933 bits per heavy atom.